The van der Waals surface area contributed by atoms with Gasteiger partial charge in [0.15, 0.2) is 11.6 Å². The molecule has 1 aliphatic rings. The van der Waals surface area contributed by atoms with Gasteiger partial charge in [-0.05, 0) is 74.2 Å². The van der Waals surface area contributed by atoms with Gasteiger partial charge in [-0.3, -0.25) is 4.79 Å². The summed E-state index contributed by atoms with van der Waals surface area (Å²) >= 11 is 0. The van der Waals surface area contributed by atoms with Gasteiger partial charge in [0.25, 0.3) is 0 Å². The third kappa shape index (κ3) is 4.18. The van der Waals surface area contributed by atoms with E-state index in [1.807, 2.05) is 4.90 Å². The molecular formula is C22H22F2N4O. The number of benzene rings is 2. The summed E-state index contributed by atoms with van der Waals surface area (Å²) in [6, 6.07) is 10.6. The lowest BCUT2D eigenvalue weighted by Gasteiger charge is -2.26. The number of carbonyl (C=O) groups excluding carboxylic acids is 1. The Labute approximate surface area is 168 Å². The summed E-state index contributed by atoms with van der Waals surface area (Å²) in [6.45, 7) is 3.24. The standard InChI is InChI=1S/C22H22F2N4O/c1-15-13-17(7-10-19(15)24)21-25-22(16-5-8-18(23)9-6-16)28(26-21)14-20(29)27-11-3-2-4-12-27/h5-10,13H,2-4,11-12,14H2,1H3. The van der Waals surface area contributed by atoms with E-state index < -0.39 is 0 Å². The molecule has 2 heterocycles. The second-order valence-electron chi connectivity index (χ2n) is 7.33. The number of hydrogen-bond donors (Lipinski definition) is 0. The first kappa shape index (κ1) is 19.2. The van der Waals surface area contributed by atoms with Crippen molar-refractivity contribution in [3.8, 4) is 22.8 Å². The zero-order valence-corrected chi connectivity index (χ0v) is 16.2. The maximum atomic E-state index is 13.6. The van der Waals surface area contributed by atoms with Gasteiger partial charge in [-0.2, -0.15) is 0 Å². The first-order valence-corrected chi connectivity index (χ1v) is 9.76. The molecule has 0 radical (unpaired) electrons. The lowest BCUT2D eigenvalue weighted by atomic mass is 10.1. The molecule has 4 rings (SSSR count). The monoisotopic (exact) mass is 396 g/mol. The van der Waals surface area contributed by atoms with Crippen LogP contribution in [0.2, 0.25) is 0 Å². The van der Waals surface area contributed by atoms with Gasteiger partial charge in [-0.15, -0.1) is 5.10 Å². The van der Waals surface area contributed by atoms with Crippen molar-refractivity contribution in [2.45, 2.75) is 32.7 Å². The minimum absolute atomic E-state index is 0.0141. The predicted molar refractivity (Wildman–Crippen MR) is 106 cm³/mol. The molecule has 3 aromatic rings. The van der Waals surface area contributed by atoms with Crippen molar-refractivity contribution in [1.82, 2.24) is 19.7 Å². The molecule has 0 N–H and O–H groups in total. The fourth-order valence-electron chi connectivity index (χ4n) is 3.54. The SMILES string of the molecule is Cc1cc(-c2nc(-c3ccc(F)cc3)n(CC(=O)N3CCCCC3)n2)ccc1F. The molecule has 0 aliphatic carbocycles. The van der Waals surface area contributed by atoms with Gasteiger partial charge in [0.05, 0.1) is 0 Å². The predicted octanol–water partition coefficient (Wildman–Crippen LogP) is 4.21. The average molecular weight is 396 g/mol. The molecule has 1 aromatic heterocycles. The van der Waals surface area contributed by atoms with Crippen molar-refractivity contribution in [3.63, 3.8) is 0 Å². The Bertz CT molecular complexity index is 1020. The number of rotatable bonds is 4. The molecule has 5 nitrogen and oxygen atoms in total. The third-order valence-corrected chi connectivity index (χ3v) is 5.18. The highest BCUT2D eigenvalue weighted by atomic mass is 19.1. The number of amides is 1. The fourth-order valence-corrected chi connectivity index (χ4v) is 3.54. The molecule has 0 saturated carbocycles. The highest BCUT2D eigenvalue weighted by molar-refractivity contribution is 5.77. The van der Waals surface area contributed by atoms with E-state index in [4.69, 9.17) is 0 Å². The van der Waals surface area contributed by atoms with E-state index in [9.17, 15) is 13.6 Å². The van der Waals surface area contributed by atoms with E-state index >= 15 is 0 Å². The van der Waals surface area contributed by atoms with E-state index in [2.05, 4.69) is 10.1 Å². The van der Waals surface area contributed by atoms with Crippen LogP contribution in [0.5, 0.6) is 0 Å². The van der Waals surface area contributed by atoms with Crippen LogP contribution in [0, 0.1) is 18.6 Å². The maximum absolute atomic E-state index is 13.6. The van der Waals surface area contributed by atoms with Gasteiger partial charge in [0.2, 0.25) is 5.91 Å². The first-order valence-electron chi connectivity index (χ1n) is 9.76. The van der Waals surface area contributed by atoms with Crippen LogP contribution in [-0.4, -0.2) is 38.7 Å². The van der Waals surface area contributed by atoms with Crippen LogP contribution in [0.3, 0.4) is 0 Å². The van der Waals surface area contributed by atoms with Crippen molar-refractivity contribution in [2.24, 2.45) is 0 Å². The molecular weight excluding hydrogens is 374 g/mol. The van der Waals surface area contributed by atoms with Crippen LogP contribution >= 0.6 is 0 Å². The second kappa shape index (κ2) is 8.11. The molecule has 1 aliphatic heterocycles. The van der Waals surface area contributed by atoms with E-state index in [1.165, 1.54) is 18.2 Å². The number of hydrogen-bond acceptors (Lipinski definition) is 3. The summed E-state index contributed by atoms with van der Waals surface area (Å²) < 4.78 is 28.6. The normalized spacial score (nSPS) is 14.2. The summed E-state index contributed by atoms with van der Waals surface area (Å²) in [7, 11) is 0. The number of nitrogens with zero attached hydrogens (tertiary/aromatic N) is 4. The van der Waals surface area contributed by atoms with Crippen LogP contribution in [0.1, 0.15) is 24.8 Å². The number of piperidine rings is 1. The van der Waals surface area contributed by atoms with Crippen molar-refractivity contribution >= 4 is 5.91 Å². The van der Waals surface area contributed by atoms with Crippen LogP contribution < -0.4 is 0 Å². The molecule has 0 unspecified atom stereocenters. The molecule has 1 amide bonds. The summed E-state index contributed by atoms with van der Waals surface area (Å²) in [4.78, 5) is 19.2. The molecule has 0 bridgehead atoms. The Kier molecular flexibility index (Phi) is 5.38. The number of halogens is 2. The van der Waals surface area contributed by atoms with Crippen molar-refractivity contribution < 1.29 is 13.6 Å². The smallest absolute Gasteiger partial charge is 0.244 e. The lowest BCUT2D eigenvalue weighted by Crippen LogP contribution is -2.38. The average Bonchev–Trinajstić information content (AvgIpc) is 3.15. The minimum Gasteiger partial charge on any atom is -0.341 e. The number of likely N-dealkylation sites (tertiary alicyclic amines) is 1. The first-order chi connectivity index (χ1) is 14.0. The summed E-state index contributed by atoms with van der Waals surface area (Å²) in [5.41, 5.74) is 1.82. The Hall–Kier alpha value is -3.09. The van der Waals surface area contributed by atoms with Crippen molar-refractivity contribution in [1.29, 1.82) is 0 Å². The summed E-state index contributed by atoms with van der Waals surface area (Å²) in [5, 5.41) is 4.53. The van der Waals surface area contributed by atoms with Crippen LogP contribution in [0.15, 0.2) is 42.5 Å². The van der Waals surface area contributed by atoms with Gasteiger partial charge < -0.3 is 4.90 Å². The zero-order chi connectivity index (χ0) is 20.4. The quantitative estimate of drug-likeness (QED) is 0.664. The molecule has 0 spiro atoms. The Balaban J connectivity index is 1.71. The third-order valence-electron chi connectivity index (χ3n) is 5.18. The van der Waals surface area contributed by atoms with Crippen LogP contribution in [-0.2, 0) is 11.3 Å². The molecule has 0 atom stereocenters. The van der Waals surface area contributed by atoms with Gasteiger partial charge in [-0.25, -0.2) is 18.4 Å². The van der Waals surface area contributed by atoms with Gasteiger partial charge >= 0.3 is 0 Å². The lowest BCUT2D eigenvalue weighted by molar-refractivity contribution is -0.132. The number of aryl methyl sites for hydroxylation is 1. The zero-order valence-electron chi connectivity index (χ0n) is 16.2. The Morgan fingerprint density at radius 2 is 1.69 bits per heavy atom. The maximum Gasteiger partial charge on any atom is 0.244 e. The van der Waals surface area contributed by atoms with E-state index in [0.717, 1.165) is 32.4 Å². The molecule has 2 aromatic carbocycles. The second-order valence-corrected chi connectivity index (χ2v) is 7.33. The topological polar surface area (TPSA) is 51.0 Å². The molecule has 1 fully saturated rings. The molecule has 1 saturated heterocycles. The fraction of sp³-hybridized carbons (Fsp3) is 0.318. The van der Waals surface area contributed by atoms with Crippen molar-refractivity contribution in [3.05, 3.63) is 59.7 Å². The molecule has 150 valence electrons. The highest BCUT2D eigenvalue weighted by Gasteiger charge is 2.21. The number of aromatic nitrogens is 3. The summed E-state index contributed by atoms with van der Waals surface area (Å²) in [5.74, 6) is 0.219. The van der Waals surface area contributed by atoms with E-state index in [-0.39, 0.29) is 24.1 Å². The Morgan fingerprint density at radius 1 is 1.00 bits per heavy atom. The van der Waals surface area contributed by atoms with E-state index in [0.29, 0.717) is 28.3 Å². The summed E-state index contributed by atoms with van der Waals surface area (Å²) in [6.07, 6.45) is 3.16. The van der Waals surface area contributed by atoms with Gasteiger partial charge in [0.1, 0.15) is 18.2 Å². The van der Waals surface area contributed by atoms with Crippen LogP contribution in [0.25, 0.3) is 22.8 Å². The molecule has 29 heavy (non-hydrogen) atoms. The highest BCUT2D eigenvalue weighted by Crippen LogP contribution is 2.24. The van der Waals surface area contributed by atoms with Gasteiger partial charge in [-0.1, -0.05) is 0 Å². The number of carbonyl (C=O) groups is 1. The van der Waals surface area contributed by atoms with Crippen LogP contribution in [0.4, 0.5) is 8.78 Å². The minimum atomic E-state index is -0.349. The molecule has 7 heteroatoms. The van der Waals surface area contributed by atoms with Crippen molar-refractivity contribution in [2.75, 3.05) is 13.1 Å². The largest absolute Gasteiger partial charge is 0.341 e. The van der Waals surface area contributed by atoms with E-state index in [1.54, 1.807) is 35.9 Å². The van der Waals surface area contributed by atoms with Gasteiger partial charge in [0, 0.05) is 24.2 Å². The Morgan fingerprint density at radius 3 is 2.38 bits per heavy atom.